The van der Waals surface area contributed by atoms with Crippen LogP contribution in [0, 0.1) is 13.8 Å². The molecular weight excluding hydrogens is 913 g/mol. The molecule has 0 saturated heterocycles. The van der Waals surface area contributed by atoms with Crippen LogP contribution in [0.1, 0.15) is 101 Å². The summed E-state index contributed by atoms with van der Waals surface area (Å²) in [6, 6.07) is 36.8. The Morgan fingerprint density at radius 2 is 0.625 bits per heavy atom. The number of ketones is 4. The second-order valence-electron chi connectivity index (χ2n) is 18.7. The van der Waals surface area contributed by atoms with E-state index in [1.165, 1.54) is 27.7 Å². The molecule has 4 atom stereocenters. The fourth-order valence-electron chi connectivity index (χ4n) is 9.33. The lowest BCUT2D eigenvalue weighted by Gasteiger charge is -2.29. The van der Waals surface area contributed by atoms with Gasteiger partial charge in [-0.2, -0.15) is 0 Å². The van der Waals surface area contributed by atoms with E-state index in [1.54, 1.807) is 12.2 Å². The van der Waals surface area contributed by atoms with Gasteiger partial charge in [0.25, 0.3) is 0 Å². The van der Waals surface area contributed by atoms with Crippen LogP contribution in [0.15, 0.2) is 121 Å². The maximum atomic E-state index is 12.5. The van der Waals surface area contributed by atoms with Gasteiger partial charge in [0, 0.05) is 0 Å². The zero-order valence-electron chi connectivity index (χ0n) is 41.4. The van der Waals surface area contributed by atoms with Crippen molar-refractivity contribution >= 4 is 58.2 Å². The highest BCUT2D eigenvalue weighted by atomic mass is 16.6. The molecule has 12 nitrogen and oxygen atoms in total. The van der Waals surface area contributed by atoms with Crippen LogP contribution in [-0.4, -0.2) is 71.4 Å². The van der Waals surface area contributed by atoms with Crippen LogP contribution < -0.4 is 0 Å². The van der Waals surface area contributed by atoms with E-state index in [1.807, 2.05) is 48.5 Å². The predicted octanol–water partition coefficient (Wildman–Crippen LogP) is 10.9. The van der Waals surface area contributed by atoms with Gasteiger partial charge >= 0.3 is 23.9 Å². The van der Waals surface area contributed by atoms with Crippen molar-refractivity contribution in [1.29, 1.82) is 0 Å². The van der Waals surface area contributed by atoms with Crippen molar-refractivity contribution in [2.75, 3.05) is 0 Å². The number of hydrogen-bond acceptors (Lipinski definition) is 12. The molecule has 0 aromatic heterocycles. The summed E-state index contributed by atoms with van der Waals surface area (Å²) in [6.07, 6.45) is 1.33. The summed E-state index contributed by atoms with van der Waals surface area (Å²) < 4.78 is 22.6. The van der Waals surface area contributed by atoms with Crippen molar-refractivity contribution in [3.8, 4) is 44.5 Å². The molecule has 0 radical (unpaired) electrons. The van der Waals surface area contributed by atoms with Crippen LogP contribution in [-0.2, 0) is 57.3 Å². The molecule has 0 N–H and O–H groups in total. The lowest BCUT2D eigenvalue weighted by atomic mass is 9.88. The van der Waals surface area contributed by atoms with E-state index < -0.39 is 48.3 Å². The van der Waals surface area contributed by atoms with Gasteiger partial charge < -0.3 is 18.9 Å². The first kappa shape index (κ1) is 52.0. The smallest absolute Gasteiger partial charge is 0.313 e. The first-order chi connectivity index (χ1) is 34.4. The number of rotatable bonds is 18. The van der Waals surface area contributed by atoms with E-state index in [2.05, 4.69) is 74.5 Å². The Morgan fingerprint density at radius 1 is 0.361 bits per heavy atom. The zero-order valence-corrected chi connectivity index (χ0v) is 41.4. The lowest BCUT2D eigenvalue weighted by Crippen LogP contribution is -2.29. The minimum atomic E-state index is -0.631. The molecule has 370 valence electrons. The third-order valence-corrected chi connectivity index (χ3v) is 12.6. The van der Waals surface area contributed by atoms with Crippen LogP contribution in [0.2, 0.25) is 0 Å². The maximum absolute atomic E-state index is 12.5. The molecule has 12 heteroatoms. The first-order valence-electron chi connectivity index (χ1n) is 24.1. The Balaban J connectivity index is 1.04. The van der Waals surface area contributed by atoms with E-state index in [9.17, 15) is 38.4 Å². The Labute approximate surface area is 419 Å². The van der Waals surface area contributed by atoms with Crippen molar-refractivity contribution < 1.29 is 57.3 Å². The fraction of sp³-hybridized carbons (Fsp3) is 0.300. The summed E-state index contributed by atoms with van der Waals surface area (Å²) in [4.78, 5) is 95.9. The number of hydrogen-bond donors (Lipinski definition) is 0. The number of carbonyl (C=O) groups is 8. The van der Waals surface area contributed by atoms with Crippen molar-refractivity contribution in [3.63, 3.8) is 0 Å². The molecule has 72 heavy (non-hydrogen) atoms. The second kappa shape index (κ2) is 23.4. The summed E-state index contributed by atoms with van der Waals surface area (Å²) in [5.74, 6) is -3.64. The van der Waals surface area contributed by atoms with Crippen LogP contribution in [0.5, 0.6) is 0 Å². The maximum Gasteiger partial charge on any atom is 0.313 e. The van der Waals surface area contributed by atoms with E-state index in [0.717, 1.165) is 66.8 Å². The monoisotopic (exact) mass is 970 g/mol. The zero-order chi connectivity index (χ0) is 51.6. The molecule has 5 aromatic rings. The van der Waals surface area contributed by atoms with E-state index in [0.29, 0.717) is 36.8 Å². The molecule has 0 heterocycles. The van der Waals surface area contributed by atoms with Crippen LogP contribution in [0.25, 0.3) is 55.7 Å². The summed E-state index contributed by atoms with van der Waals surface area (Å²) in [5.41, 5.74) is 13.5. The Morgan fingerprint density at radius 3 is 0.931 bits per heavy atom. The Bertz CT molecular complexity index is 2930. The Hall–Kier alpha value is -7.86. The highest BCUT2D eigenvalue weighted by Crippen LogP contribution is 2.37. The van der Waals surface area contributed by atoms with Crippen molar-refractivity contribution in [2.24, 2.45) is 0 Å². The fourth-order valence-corrected chi connectivity index (χ4v) is 9.33. The molecule has 5 aromatic carbocycles. The summed E-state index contributed by atoms with van der Waals surface area (Å²) in [7, 11) is 0. The molecule has 2 aliphatic carbocycles. The number of carbonyl (C=O) groups excluding carboxylic acids is 8. The highest BCUT2D eigenvalue weighted by molar-refractivity contribution is 5.96. The molecule has 0 amide bonds. The topological polar surface area (TPSA) is 173 Å². The van der Waals surface area contributed by atoms with Gasteiger partial charge in [0.15, 0.2) is 0 Å². The van der Waals surface area contributed by atoms with E-state index >= 15 is 0 Å². The van der Waals surface area contributed by atoms with Gasteiger partial charge in [-0.1, -0.05) is 109 Å². The summed E-state index contributed by atoms with van der Waals surface area (Å²) in [5, 5.41) is 0. The average molecular weight is 971 g/mol. The number of esters is 4. The molecule has 7 rings (SSSR count). The highest BCUT2D eigenvalue weighted by Gasteiger charge is 2.31. The number of benzene rings is 5. The third-order valence-electron chi connectivity index (χ3n) is 12.6. The van der Waals surface area contributed by atoms with Gasteiger partial charge in [-0.15, -0.1) is 0 Å². The quantitative estimate of drug-likeness (QED) is 0.0462. The summed E-state index contributed by atoms with van der Waals surface area (Å²) in [6.45, 7) is 9.55. The molecule has 4 unspecified atom stereocenters. The first-order valence-corrected chi connectivity index (χ1v) is 24.1. The van der Waals surface area contributed by atoms with E-state index in [4.69, 9.17) is 18.9 Å². The van der Waals surface area contributed by atoms with Gasteiger partial charge in [0.05, 0.1) is 0 Å². The van der Waals surface area contributed by atoms with Gasteiger partial charge in [-0.25, -0.2) is 0 Å². The SMILES string of the molecule is CC(=O)CC(=O)OC1C=C(c2ccc(-c3ccc(-c4cc(C)c(-c5ccc(-c6ccc(C7=CC(OC(=O)CC(C)=O)CCC7OC(=O)CC(C)=O)cc6)cc5)c(C)c4)cc3)cc2)C(OC(=O)CC(C)=O)CC1. The van der Waals surface area contributed by atoms with E-state index in [-0.39, 0.29) is 48.8 Å². The Kier molecular flexibility index (Phi) is 16.9. The van der Waals surface area contributed by atoms with Crippen LogP contribution >= 0.6 is 0 Å². The molecule has 0 aliphatic heterocycles. The minimum absolute atomic E-state index is 0.292. The van der Waals surface area contributed by atoms with Gasteiger partial charge in [-0.3, -0.25) is 38.4 Å². The second-order valence-corrected chi connectivity index (χ2v) is 18.7. The largest absolute Gasteiger partial charge is 0.458 e. The number of aryl methyl sites for hydroxylation is 2. The third kappa shape index (κ3) is 13.7. The molecule has 0 bridgehead atoms. The average Bonchev–Trinajstić information content (AvgIpc) is 3.31. The molecule has 0 spiro atoms. The molecular formula is C60H58O12. The molecule has 2 aliphatic rings. The number of ether oxygens (including phenoxy) is 4. The normalized spacial score (nSPS) is 17.4. The standard InChI is InChI=1S/C60H58O12/c1-35-27-49(45-9-7-41(8-10-45)42-11-17-46(18-12-42)52-33-50(69-56(65)29-37(3)61)23-25-54(52)71-58(67)31-39(5)63)28-36(2)60(35)48-21-15-44(16-22-48)43-13-19-47(20-14-43)53-34-51(70-57(66)30-38(4)62)24-26-55(53)72-59(68)32-40(6)64/h7-22,27-28,33-34,50-51,54-55H,23-26,29-32H2,1-6H3. The van der Waals surface area contributed by atoms with Crippen LogP contribution in [0.3, 0.4) is 0 Å². The van der Waals surface area contributed by atoms with Crippen molar-refractivity contribution in [3.05, 3.63) is 144 Å². The lowest BCUT2D eigenvalue weighted by molar-refractivity contribution is -0.153. The summed E-state index contributed by atoms with van der Waals surface area (Å²) >= 11 is 0. The molecule has 0 saturated carbocycles. The minimum Gasteiger partial charge on any atom is -0.458 e. The van der Waals surface area contributed by atoms with Crippen molar-refractivity contribution in [1.82, 2.24) is 0 Å². The van der Waals surface area contributed by atoms with Crippen LogP contribution in [0.4, 0.5) is 0 Å². The van der Waals surface area contributed by atoms with Gasteiger partial charge in [0.2, 0.25) is 0 Å². The molecule has 0 fully saturated rings. The van der Waals surface area contributed by atoms with Gasteiger partial charge in [0.1, 0.15) is 73.2 Å². The van der Waals surface area contributed by atoms with Gasteiger partial charge in [-0.05, 0) is 157 Å². The predicted molar refractivity (Wildman–Crippen MR) is 273 cm³/mol. The van der Waals surface area contributed by atoms with Crippen molar-refractivity contribution in [2.45, 2.75) is 117 Å². The number of Topliss-reactive ketones (excluding diaryl/α,β-unsaturated/α-hetero) is 4.